The normalized spacial score (nSPS) is 12.4. The topological polar surface area (TPSA) is 102 Å². The third kappa shape index (κ3) is 4.71. The summed E-state index contributed by atoms with van der Waals surface area (Å²) in [6.45, 7) is 6.03. The third-order valence-electron chi connectivity index (χ3n) is 2.04. The first-order valence-electron chi connectivity index (χ1n) is 5.34. The van der Waals surface area contributed by atoms with Crippen molar-refractivity contribution in [2.45, 2.75) is 26.2 Å². The smallest absolute Gasteiger partial charge is 0.263 e. The van der Waals surface area contributed by atoms with E-state index >= 15 is 0 Å². The van der Waals surface area contributed by atoms with E-state index in [4.69, 9.17) is 5.14 Å². The van der Waals surface area contributed by atoms with Gasteiger partial charge in [-0.2, -0.15) is 0 Å². The van der Waals surface area contributed by atoms with Gasteiger partial charge in [0.2, 0.25) is 10.0 Å². The van der Waals surface area contributed by atoms with Gasteiger partial charge in [-0.3, -0.25) is 4.79 Å². The standard InChI is InChI=1S/C10H17N3O3S2/c1-10(2,3)9-13-6-7(17-9)8(14)12-4-5-18(11,15)16/h6H,4-5H2,1-3H3,(H,12,14)(H2,11,15,16). The number of hydrogen-bond donors (Lipinski definition) is 2. The fourth-order valence-corrected chi connectivity index (χ4v) is 2.40. The number of primary sulfonamides is 1. The Morgan fingerprint density at radius 3 is 2.56 bits per heavy atom. The van der Waals surface area contributed by atoms with E-state index in [0.717, 1.165) is 5.01 Å². The first-order chi connectivity index (χ1) is 8.09. The summed E-state index contributed by atoms with van der Waals surface area (Å²) in [5.41, 5.74) is -0.107. The van der Waals surface area contributed by atoms with E-state index in [1.54, 1.807) is 0 Å². The Morgan fingerprint density at radius 1 is 1.50 bits per heavy atom. The van der Waals surface area contributed by atoms with Crippen molar-refractivity contribution >= 4 is 27.3 Å². The zero-order chi connectivity index (χ0) is 14.0. The highest BCUT2D eigenvalue weighted by Gasteiger charge is 2.20. The molecule has 0 aromatic carbocycles. The van der Waals surface area contributed by atoms with Crippen LogP contribution >= 0.6 is 11.3 Å². The van der Waals surface area contributed by atoms with Crippen molar-refractivity contribution in [2.24, 2.45) is 5.14 Å². The molecule has 3 N–H and O–H groups in total. The molecule has 18 heavy (non-hydrogen) atoms. The number of thiazole rings is 1. The second-order valence-corrected chi connectivity index (χ2v) is 7.67. The van der Waals surface area contributed by atoms with Gasteiger partial charge in [-0.25, -0.2) is 18.5 Å². The maximum absolute atomic E-state index is 11.7. The molecule has 8 heteroatoms. The molecular formula is C10H17N3O3S2. The van der Waals surface area contributed by atoms with Crippen LogP contribution in [0.2, 0.25) is 0 Å². The number of amides is 1. The molecule has 0 aliphatic carbocycles. The Hall–Kier alpha value is -0.990. The Kier molecular flexibility index (Phi) is 4.46. The van der Waals surface area contributed by atoms with Crippen LogP contribution in [0.5, 0.6) is 0 Å². The number of nitrogens with zero attached hydrogens (tertiary/aromatic N) is 1. The number of nitrogens with two attached hydrogens (primary N) is 1. The largest absolute Gasteiger partial charge is 0.350 e. The van der Waals surface area contributed by atoms with Crippen molar-refractivity contribution < 1.29 is 13.2 Å². The van der Waals surface area contributed by atoms with E-state index in [-0.39, 0.29) is 23.6 Å². The Bertz CT molecular complexity index is 529. The molecule has 0 bridgehead atoms. The van der Waals surface area contributed by atoms with E-state index in [9.17, 15) is 13.2 Å². The molecular weight excluding hydrogens is 274 g/mol. The van der Waals surface area contributed by atoms with Gasteiger partial charge in [0, 0.05) is 12.0 Å². The molecule has 1 aromatic rings. The number of sulfonamides is 1. The van der Waals surface area contributed by atoms with Crippen molar-refractivity contribution in [2.75, 3.05) is 12.3 Å². The summed E-state index contributed by atoms with van der Waals surface area (Å²) in [5, 5.41) is 8.19. The SMILES string of the molecule is CC(C)(C)c1ncc(C(=O)NCCS(N)(=O)=O)s1. The molecule has 1 heterocycles. The quantitative estimate of drug-likeness (QED) is 0.841. The lowest BCUT2D eigenvalue weighted by atomic mass is 9.98. The maximum Gasteiger partial charge on any atom is 0.263 e. The van der Waals surface area contributed by atoms with E-state index in [0.29, 0.717) is 4.88 Å². The molecule has 0 fully saturated rings. The number of aromatic nitrogens is 1. The summed E-state index contributed by atoms with van der Waals surface area (Å²) in [4.78, 5) is 16.3. The minimum absolute atomic E-state index is 0.000415. The fraction of sp³-hybridized carbons (Fsp3) is 0.600. The van der Waals surface area contributed by atoms with Crippen molar-refractivity contribution in [3.05, 3.63) is 16.1 Å². The predicted molar refractivity (Wildman–Crippen MR) is 71.1 cm³/mol. The van der Waals surface area contributed by atoms with Crippen LogP contribution in [-0.4, -0.2) is 31.6 Å². The highest BCUT2D eigenvalue weighted by atomic mass is 32.2. The highest BCUT2D eigenvalue weighted by molar-refractivity contribution is 7.89. The van der Waals surface area contributed by atoms with Gasteiger partial charge in [0.1, 0.15) is 4.88 Å². The average molecular weight is 291 g/mol. The van der Waals surface area contributed by atoms with Gasteiger partial charge in [0.05, 0.1) is 17.0 Å². The van der Waals surface area contributed by atoms with E-state index < -0.39 is 10.0 Å². The summed E-state index contributed by atoms with van der Waals surface area (Å²) in [6, 6.07) is 0. The van der Waals surface area contributed by atoms with Crippen molar-refractivity contribution in [1.82, 2.24) is 10.3 Å². The zero-order valence-electron chi connectivity index (χ0n) is 10.6. The lowest BCUT2D eigenvalue weighted by Crippen LogP contribution is -2.31. The van der Waals surface area contributed by atoms with Crippen LogP contribution in [0.1, 0.15) is 35.5 Å². The van der Waals surface area contributed by atoms with Gasteiger partial charge in [-0.05, 0) is 0 Å². The Balaban J connectivity index is 2.60. The molecule has 0 saturated heterocycles. The lowest BCUT2D eigenvalue weighted by molar-refractivity contribution is 0.0960. The summed E-state index contributed by atoms with van der Waals surface area (Å²) < 4.78 is 21.4. The number of nitrogens with one attached hydrogen (secondary N) is 1. The summed E-state index contributed by atoms with van der Waals surface area (Å²) in [7, 11) is -3.55. The van der Waals surface area contributed by atoms with Crippen LogP contribution < -0.4 is 10.5 Å². The fourth-order valence-electron chi connectivity index (χ4n) is 1.12. The molecule has 0 aliphatic rings. The van der Waals surface area contributed by atoms with E-state index in [1.165, 1.54) is 17.5 Å². The van der Waals surface area contributed by atoms with Crippen molar-refractivity contribution in [1.29, 1.82) is 0 Å². The van der Waals surface area contributed by atoms with Gasteiger partial charge >= 0.3 is 0 Å². The van der Waals surface area contributed by atoms with Crippen LogP contribution in [0.4, 0.5) is 0 Å². The van der Waals surface area contributed by atoms with Crippen LogP contribution in [0, 0.1) is 0 Å². The minimum Gasteiger partial charge on any atom is -0.350 e. The van der Waals surface area contributed by atoms with Gasteiger partial charge in [-0.15, -0.1) is 11.3 Å². The summed E-state index contributed by atoms with van der Waals surface area (Å²) in [6.07, 6.45) is 1.50. The molecule has 0 atom stereocenters. The average Bonchev–Trinajstić information content (AvgIpc) is 2.62. The van der Waals surface area contributed by atoms with E-state index in [1.807, 2.05) is 20.8 Å². The van der Waals surface area contributed by atoms with Crippen LogP contribution in [0.25, 0.3) is 0 Å². The predicted octanol–water partition coefficient (Wildman–Crippen LogP) is 0.459. The number of hydrogen-bond acceptors (Lipinski definition) is 5. The zero-order valence-corrected chi connectivity index (χ0v) is 12.2. The molecule has 1 rings (SSSR count). The van der Waals surface area contributed by atoms with Gasteiger partial charge in [-0.1, -0.05) is 20.8 Å². The Morgan fingerprint density at radius 2 is 2.11 bits per heavy atom. The molecule has 102 valence electrons. The van der Waals surface area contributed by atoms with Crippen LogP contribution in [0.3, 0.4) is 0 Å². The second kappa shape index (κ2) is 5.33. The molecule has 0 saturated carbocycles. The van der Waals surface area contributed by atoms with Gasteiger partial charge in [0.15, 0.2) is 0 Å². The van der Waals surface area contributed by atoms with Crippen molar-refractivity contribution in [3.63, 3.8) is 0 Å². The number of rotatable bonds is 4. The molecule has 6 nitrogen and oxygen atoms in total. The monoisotopic (exact) mass is 291 g/mol. The molecule has 1 amide bonds. The lowest BCUT2D eigenvalue weighted by Gasteiger charge is -2.13. The molecule has 0 spiro atoms. The van der Waals surface area contributed by atoms with Gasteiger partial charge in [0.25, 0.3) is 5.91 Å². The molecule has 0 aliphatic heterocycles. The first-order valence-corrected chi connectivity index (χ1v) is 7.88. The Labute approximate surface area is 111 Å². The number of carbonyl (C=O) groups is 1. The molecule has 0 radical (unpaired) electrons. The third-order valence-corrected chi connectivity index (χ3v) is 4.24. The van der Waals surface area contributed by atoms with Gasteiger partial charge < -0.3 is 5.32 Å². The van der Waals surface area contributed by atoms with Crippen LogP contribution in [0.15, 0.2) is 6.20 Å². The minimum atomic E-state index is -3.55. The highest BCUT2D eigenvalue weighted by Crippen LogP contribution is 2.26. The molecule has 1 aromatic heterocycles. The number of carbonyl (C=O) groups excluding carboxylic acids is 1. The molecule has 0 unspecified atom stereocenters. The van der Waals surface area contributed by atoms with E-state index in [2.05, 4.69) is 10.3 Å². The summed E-state index contributed by atoms with van der Waals surface area (Å²) >= 11 is 1.30. The second-order valence-electron chi connectivity index (χ2n) is 4.90. The summed E-state index contributed by atoms with van der Waals surface area (Å²) in [5.74, 6) is -0.601. The maximum atomic E-state index is 11.7. The van der Waals surface area contributed by atoms with Crippen LogP contribution in [-0.2, 0) is 15.4 Å². The van der Waals surface area contributed by atoms with Crippen molar-refractivity contribution in [3.8, 4) is 0 Å². The first kappa shape index (κ1) is 15.1.